The predicted octanol–water partition coefficient (Wildman–Crippen LogP) is 3.72. The molecule has 0 saturated heterocycles. The van der Waals surface area contributed by atoms with E-state index in [4.69, 9.17) is 0 Å². The SMILES string of the molecule is Cc1nc(C(=O)c2c(F)ccc(Br)c2F)cs1. The standard InChI is InChI=1S/C11H6BrF2NOS/c1-5-15-8(4-17-5)11(16)9-7(13)3-2-6(12)10(9)14/h2-4H,1H3. The summed E-state index contributed by atoms with van der Waals surface area (Å²) in [5.41, 5.74) is -0.520. The minimum absolute atomic E-state index is 0.0502. The Morgan fingerprint density at radius 2 is 2.12 bits per heavy atom. The molecule has 0 atom stereocenters. The van der Waals surface area contributed by atoms with Crippen molar-refractivity contribution in [2.24, 2.45) is 0 Å². The molecule has 1 aromatic carbocycles. The summed E-state index contributed by atoms with van der Waals surface area (Å²) >= 11 is 4.17. The van der Waals surface area contributed by atoms with Crippen molar-refractivity contribution in [3.63, 3.8) is 0 Å². The fraction of sp³-hybridized carbons (Fsp3) is 0.0909. The van der Waals surface area contributed by atoms with E-state index in [-0.39, 0.29) is 10.2 Å². The molecule has 1 aromatic heterocycles. The van der Waals surface area contributed by atoms with Crippen molar-refractivity contribution in [2.45, 2.75) is 6.92 Å². The first-order valence-corrected chi connectivity index (χ1v) is 6.28. The van der Waals surface area contributed by atoms with Gasteiger partial charge in [0, 0.05) is 5.38 Å². The number of halogens is 3. The lowest BCUT2D eigenvalue weighted by Crippen LogP contribution is -2.08. The summed E-state index contributed by atoms with van der Waals surface area (Å²) in [7, 11) is 0. The lowest BCUT2D eigenvalue weighted by Gasteiger charge is -2.03. The summed E-state index contributed by atoms with van der Waals surface area (Å²) < 4.78 is 27.2. The lowest BCUT2D eigenvalue weighted by molar-refractivity contribution is 0.102. The summed E-state index contributed by atoms with van der Waals surface area (Å²) in [5.74, 6) is -2.53. The number of ketones is 1. The molecular weight excluding hydrogens is 312 g/mol. The topological polar surface area (TPSA) is 30.0 Å². The molecule has 2 nitrogen and oxygen atoms in total. The van der Waals surface area contributed by atoms with Gasteiger partial charge in [0.05, 0.1) is 15.0 Å². The van der Waals surface area contributed by atoms with Crippen LogP contribution >= 0.6 is 27.3 Å². The number of nitrogens with zero attached hydrogens (tertiary/aromatic N) is 1. The monoisotopic (exact) mass is 317 g/mol. The van der Waals surface area contributed by atoms with Gasteiger partial charge in [-0.3, -0.25) is 4.79 Å². The van der Waals surface area contributed by atoms with Crippen LogP contribution in [0.2, 0.25) is 0 Å². The van der Waals surface area contributed by atoms with Gasteiger partial charge in [0.1, 0.15) is 11.5 Å². The Morgan fingerprint density at radius 1 is 1.41 bits per heavy atom. The van der Waals surface area contributed by atoms with Crippen molar-refractivity contribution in [3.8, 4) is 0 Å². The number of benzene rings is 1. The van der Waals surface area contributed by atoms with Crippen molar-refractivity contribution in [1.29, 1.82) is 0 Å². The van der Waals surface area contributed by atoms with E-state index >= 15 is 0 Å². The summed E-state index contributed by atoms with van der Waals surface area (Å²) in [6, 6.07) is 2.26. The third-order valence-electron chi connectivity index (χ3n) is 2.12. The van der Waals surface area contributed by atoms with E-state index in [0.29, 0.717) is 5.01 Å². The molecule has 0 aliphatic rings. The molecular formula is C11H6BrF2NOS. The maximum Gasteiger partial charge on any atom is 0.218 e. The van der Waals surface area contributed by atoms with Crippen molar-refractivity contribution >= 4 is 33.0 Å². The van der Waals surface area contributed by atoms with E-state index in [9.17, 15) is 13.6 Å². The maximum atomic E-state index is 13.7. The van der Waals surface area contributed by atoms with Gasteiger partial charge in [-0.15, -0.1) is 11.3 Å². The lowest BCUT2D eigenvalue weighted by atomic mass is 10.1. The van der Waals surface area contributed by atoms with Gasteiger partial charge < -0.3 is 0 Å². The molecule has 0 saturated carbocycles. The van der Waals surface area contributed by atoms with Gasteiger partial charge in [-0.05, 0) is 35.0 Å². The molecule has 0 fully saturated rings. The second-order valence-corrected chi connectivity index (χ2v) is 5.22. The molecule has 88 valence electrons. The third kappa shape index (κ3) is 2.28. The molecule has 1 heterocycles. The Balaban J connectivity index is 2.54. The highest BCUT2D eigenvalue weighted by atomic mass is 79.9. The molecule has 17 heavy (non-hydrogen) atoms. The van der Waals surface area contributed by atoms with Crippen LogP contribution in [0.3, 0.4) is 0 Å². The number of rotatable bonds is 2. The molecule has 0 amide bonds. The number of hydrogen-bond donors (Lipinski definition) is 0. The second-order valence-electron chi connectivity index (χ2n) is 3.30. The number of hydrogen-bond acceptors (Lipinski definition) is 3. The predicted molar refractivity (Wildman–Crippen MR) is 64.3 cm³/mol. The van der Waals surface area contributed by atoms with Crippen molar-refractivity contribution in [2.75, 3.05) is 0 Å². The molecule has 2 rings (SSSR count). The highest BCUT2D eigenvalue weighted by molar-refractivity contribution is 9.10. The molecule has 2 aromatic rings. The molecule has 0 N–H and O–H groups in total. The first kappa shape index (κ1) is 12.3. The van der Waals surface area contributed by atoms with Crippen LogP contribution in [0.1, 0.15) is 21.1 Å². The Morgan fingerprint density at radius 3 is 2.71 bits per heavy atom. The highest BCUT2D eigenvalue weighted by Gasteiger charge is 2.22. The number of aryl methyl sites for hydroxylation is 1. The van der Waals surface area contributed by atoms with Gasteiger partial charge in [-0.25, -0.2) is 13.8 Å². The van der Waals surface area contributed by atoms with Crippen molar-refractivity contribution in [3.05, 3.63) is 49.9 Å². The zero-order chi connectivity index (χ0) is 12.6. The highest BCUT2D eigenvalue weighted by Crippen LogP contribution is 2.24. The van der Waals surface area contributed by atoms with Gasteiger partial charge in [-0.1, -0.05) is 0 Å². The van der Waals surface area contributed by atoms with E-state index in [1.165, 1.54) is 22.8 Å². The van der Waals surface area contributed by atoms with Crippen LogP contribution in [0.25, 0.3) is 0 Å². The van der Waals surface area contributed by atoms with Gasteiger partial charge in [-0.2, -0.15) is 0 Å². The van der Waals surface area contributed by atoms with Crippen LogP contribution in [0.4, 0.5) is 8.78 Å². The van der Waals surface area contributed by atoms with E-state index < -0.39 is 23.0 Å². The molecule has 0 aliphatic carbocycles. The van der Waals surface area contributed by atoms with Gasteiger partial charge in [0.25, 0.3) is 0 Å². The Labute approximate surface area is 108 Å². The average molecular weight is 318 g/mol. The van der Waals surface area contributed by atoms with Gasteiger partial charge in [0.2, 0.25) is 5.78 Å². The number of carbonyl (C=O) groups excluding carboxylic acids is 1. The van der Waals surface area contributed by atoms with Crippen LogP contribution < -0.4 is 0 Å². The summed E-state index contributed by atoms with van der Waals surface area (Å²) in [5, 5.41) is 2.15. The minimum atomic E-state index is -0.902. The first-order chi connectivity index (χ1) is 8.00. The average Bonchev–Trinajstić information content (AvgIpc) is 2.71. The Hall–Kier alpha value is -1.14. The summed E-state index contributed by atoms with van der Waals surface area (Å²) in [4.78, 5) is 15.8. The van der Waals surface area contributed by atoms with Crippen LogP contribution in [-0.4, -0.2) is 10.8 Å². The zero-order valence-corrected chi connectivity index (χ0v) is 11.0. The smallest absolute Gasteiger partial charge is 0.218 e. The maximum absolute atomic E-state index is 13.7. The van der Waals surface area contributed by atoms with Gasteiger partial charge in [0.15, 0.2) is 5.82 Å². The Kier molecular flexibility index (Phi) is 3.35. The third-order valence-corrected chi connectivity index (χ3v) is 3.51. The molecule has 0 unspecified atom stereocenters. The molecule has 0 bridgehead atoms. The van der Waals surface area contributed by atoms with Gasteiger partial charge >= 0.3 is 0 Å². The largest absolute Gasteiger partial charge is 0.287 e. The molecule has 0 spiro atoms. The Bertz CT molecular complexity index is 597. The normalized spacial score (nSPS) is 10.6. The number of thiazole rings is 1. The summed E-state index contributed by atoms with van der Waals surface area (Å²) in [6.07, 6.45) is 0. The quantitative estimate of drug-likeness (QED) is 0.624. The molecule has 0 radical (unpaired) electrons. The fourth-order valence-electron chi connectivity index (χ4n) is 1.33. The second kappa shape index (κ2) is 4.62. The minimum Gasteiger partial charge on any atom is -0.287 e. The van der Waals surface area contributed by atoms with Crippen LogP contribution in [0.5, 0.6) is 0 Å². The van der Waals surface area contributed by atoms with Crippen molar-refractivity contribution < 1.29 is 13.6 Å². The number of carbonyl (C=O) groups is 1. The van der Waals surface area contributed by atoms with E-state index in [0.717, 1.165) is 6.07 Å². The van der Waals surface area contributed by atoms with E-state index in [1.807, 2.05) is 0 Å². The number of aromatic nitrogens is 1. The van der Waals surface area contributed by atoms with Crippen LogP contribution in [0, 0.1) is 18.6 Å². The molecule has 6 heteroatoms. The molecule has 0 aliphatic heterocycles. The fourth-order valence-corrected chi connectivity index (χ4v) is 2.25. The van der Waals surface area contributed by atoms with Crippen LogP contribution in [-0.2, 0) is 0 Å². The van der Waals surface area contributed by atoms with Crippen molar-refractivity contribution in [1.82, 2.24) is 4.98 Å². The van der Waals surface area contributed by atoms with Crippen LogP contribution in [0.15, 0.2) is 22.0 Å². The van der Waals surface area contributed by atoms with E-state index in [1.54, 1.807) is 6.92 Å². The first-order valence-electron chi connectivity index (χ1n) is 4.61. The summed E-state index contributed by atoms with van der Waals surface area (Å²) in [6.45, 7) is 1.72. The van der Waals surface area contributed by atoms with E-state index in [2.05, 4.69) is 20.9 Å². The zero-order valence-electron chi connectivity index (χ0n) is 8.63.